The Morgan fingerprint density at radius 1 is 1.12 bits per heavy atom. The first kappa shape index (κ1) is 22.0. The number of para-hydroxylation sites is 1. The lowest BCUT2D eigenvalue weighted by Crippen LogP contribution is -2.29. The molecule has 164 valence electrons. The summed E-state index contributed by atoms with van der Waals surface area (Å²) >= 11 is 2.72. The Hall–Kier alpha value is -3.24. The van der Waals surface area contributed by atoms with Crippen molar-refractivity contribution in [1.82, 2.24) is 25.1 Å². The lowest BCUT2D eigenvalue weighted by atomic mass is 10.1. The van der Waals surface area contributed by atoms with Gasteiger partial charge in [0.15, 0.2) is 16.1 Å². The Morgan fingerprint density at radius 3 is 2.66 bits per heavy atom. The largest absolute Gasteiger partial charge is 0.342 e. The number of thioether (sulfide) groups is 1. The topological polar surface area (TPSA) is 102 Å². The summed E-state index contributed by atoms with van der Waals surface area (Å²) in [7, 11) is 1.82. The minimum atomic E-state index is -0.342. The Bertz CT molecular complexity index is 1250. The van der Waals surface area contributed by atoms with E-state index in [0.29, 0.717) is 21.7 Å². The molecule has 0 fully saturated rings. The van der Waals surface area contributed by atoms with E-state index in [1.807, 2.05) is 63.4 Å². The van der Waals surface area contributed by atoms with Crippen LogP contribution in [-0.2, 0) is 11.8 Å². The number of nitrogens with one attached hydrogen (secondary N) is 2. The van der Waals surface area contributed by atoms with E-state index in [1.54, 1.807) is 10.6 Å². The molecule has 1 atom stereocenters. The number of fused-ring (bicyclic) bond motifs is 1. The average Bonchev–Trinajstić information content (AvgIpc) is 3.34. The van der Waals surface area contributed by atoms with Gasteiger partial charge in [0.25, 0.3) is 5.91 Å². The predicted octanol–water partition coefficient (Wildman–Crippen LogP) is 3.96. The molecule has 2 aromatic carbocycles. The van der Waals surface area contributed by atoms with E-state index in [1.165, 1.54) is 23.1 Å². The molecule has 0 saturated carbocycles. The van der Waals surface area contributed by atoms with Gasteiger partial charge in [-0.25, -0.2) is 4.98 Å². The lowest BCUT2D eigenvalue weighted by molar-refractivity contribution is -0.113. The predicted molar refractivity (Wildman–Crippen MR) is 127 cm³/mol. The number of carbonyl (C=O) groups is 2. The molecule has 2 amide bonds. The molecule has 4 aromatic rings. The van der Waals surface area contributed by atoms with Crippen LogP contribution in [-0.4, -0.2) is 37.3 Å². The molecule has 0 aliphatic carbocycles. The van der Waals surface area contributed by atoms with E-state index in [4.69, 9.17) is 0 Å². The molecule has 0 unspecified atom stereocenters. The normalized spacial score (nSPS) is 12.0. The van der Waals surface area contributed by atoms with Crippen molar-refractivity contribution in [2.45, 2.75) is 25.0 Å². The van der Waals surface area contributed by atoms with Crippen LogP contribution < -0.4 is 10.6 Å². The first-order valence-electron chi connectivity index (χ1n) is 9.96. The number of hydrogen-bond donors (Lipinski definition) is 2. The second kappa shape index (κ2) is 9.49. The number of aromatic nitrogens is 4. The van der Waals surface area contributed by atoms with Gasteiger partial charge in [0.1, 0.15) is 0 Å². The average molecular weight is 467 g/mol. The number of anilines is 1. The van der Waals surface area contributed by atoms with Gasteiger partial charge in [-0.3, -0.25) is 9.59 Å². The van der Waals surface area contributed by atoms with Crippen molar-refractivity contribution in [2.24, 2.45) is 7.05 Å². The molecule has 8 nitrogen and oxygen atoms in total. The molecule has 2 aromatic heterocycles. The second-order valence-electron chi connectivity index (χ2n) is 7.23. The second-order valence-corrected chi connectivity index (χ2v) is 9.21. The van der Waals surface area contributed by atoms with Gasteiger partial charge in [0.2, 0.25) is 5.91 Å². The molecule has 0 bridgehead atoms. The van der Waals surface area contributed by atoms with Crippen molar-refractivity contribution in [1.29, 1.82) is 0 Å². The van der Waals surface area contributed by atoms with Crippen LogP contribution in [0.3, 0.4) is 0 Å². The fourth-order valence-electron chi connectivity index (χ4n) is 3.21. The number of nitrogens with zero attached hydrogens (tertiary/aromatic N) is 4. The summed E-state index contributed by atoms with van der Waals surface area (Å²) in [5.74, 6) is 0.454. The van der Waals surface area contributed by atoms with Gasteiger partial charge in [-0.05, 0) is 37.6 Å². The highest BCUT2D eigenvalue weighted by Gasteiger charge is 2.20. The maximum Gasteiger partial charge on any atom is 0.252 e. The molecule has 2 heterocycles. The molecular weight excluding hydrogens is 444 g/mol. The van der Waals surface area contributed by atoms with E-state index in [-0.39, 0.29) is 23.6 Å². The minimum Gasteiger partial charge on any atom is -0.342 e. The van der Waals surface area contributed by atoms with Crippen molar-refractivity contribution in [3.63, 3.8) is 0 Å². The van der Waals surface area contributed by atoms with Gasteiger partial charge < -0.3 is 15.2 Å². The van der Waals surface area contributed by atoms with Gasteiger partial charge in [-0.15, -0.1) is 10.2 Å². The molecule has 10 heteroatoms. The fourth-order valence-corrected chi connectivity index (χ4v) is 4.81. The molecule has 0 spiro atoms. The monoisotopic (exact) mass is 466 g/mol. The third kappa shape index (κ3) is 4.81. The summed E-state index contributed by atoms with van der Waals surface area (Å²) in [6, 6.07) is 14.8. The van der Waals surface area contributed by atoms with Crippen molar-refractivity contribution in [2.75, 3.05) is 11.1 Å². The summed E-state index contributed by atoms with van der Waals surface area (Å²) in [6.45, 7) is 3.75. The van der Waals surface area contributed by atoms with Gasteiger partial charge >= 0.3 is 0 Å². The number of benzene rings is 2. The summed E-state index contributed by atoms with van der Waals surface area (Å²) in [4.78, 5) is 29.4. The van der Waals surface area contributed by atoms with E-state index in [0.717, 1.165) is 15.8 Å². The van der Waals surface area contributed by atoms with Crippen molar-refractivity contribution >= 4 is 50.3 Å². The third-order valence-corrected chi connectivity index (χ3v) is 6.84. The van der Waals surface area contributed by atoms with Gasteiger partial charge in [-0.2, -0.15) is 0 Å². The lowest BCUT2D eigenvalue weighted by Gasteiger charge is -2.14. The zero-order valence-corrected chi connectivity index (χ0v) is 19.5. The Morgan fingerprint density at radius 2 is 1.88 bits per heavy atom. The van der Waals surface area contributed by atoms with Gasteiger partial charge in [0, 0.05) is 12.6 Å². The van der Waals surface area contributed by atoms with Gasteiger partial charge in [0.05, 0.1) is 22.0 Å². The Balaban J connectivity index is 1.35. The van der Waals surface area contributed by atoms with Crippen LogP contribution in [0.1, 0.15) is 34.7 Å². The summed E-state index contributed by atoms with van der Waals surface area (Å²) in [6.07, 6.45) is 0. The van der Waals surface area contributed by atoms with Crippen molar-refractivity contribution in [3.8, 4) is 0 Å². The SMILES string of the molecule is Cc1ccccc1C(=O)N[C@@H](C)c1nnc(SCC(=O)Nc2nc3ccccc3s2)n1C. The third-order valence-electron chi connectivity index (χ3n) is 4.87. The molecular formula is C22H22N6O2S2. The standard InChI is InChI=1S/C22H22N6O2S2/c1-13-8-4-5-9-15(13)20(30)23-14(2)19-26-27-22(28(19)3)31-12-18(29)25-21-24-16-10-6-7-11-17(16)32-21/h4-11,14H,12H2,1-3H3,(H,23,30)(H,24,25,29)/t14-/m0/s1. The van der Waals surface area contributed by atoms with E-state index in [2.05, 4.69) is 25.8 Å². The van der Waals surface area contributed by atoms with Crippen LogP contribution in [0.5, 0.6) is 0 Å². The summed E-state index contributed by atoms with van der Waals surface area (Å²) in [5, 5.41) is 15.4. The van der Waals surface area contributed by atoms with Crippen LogP contribution in [0.2, 0.25) is 0 Å². The molecule has 0 aliphatic rings. The van der Waals surface area contributed by atoms with Crippen LogP contribution in [0.25, 0.3) is 10.2 Å². The van der Waals surface area contributed by atoms with Crippen molar-refractivity contribution in [3.05, 3.63) is 65.5 Å². The fraction of sp³-hybridized carbons (Fsp3) is 0.227. The van der Waals surface area contributed by atoms with E-state index in [9.17, 15) is 9.59 Å². The number of rotatable bonds is 7. The molecule has 0 aliphatic heterocycles. The maximum atomic E-state index is 12.6. The number of carbonyl (C=O) groups excluding carboxylic acids is 2. The van der Waals surface area contributed by atoms with Crippen LogP contribution >= 0.6 is 23.1 Å². The molecule has 4 rings (SSSR count). The van der Waals surface area contributed by atoms with E-state index >= 15 is 0 Å². The van der Waals surface area contributed by atoms with Crippen LogP contribution in [0.4, 0.5) is 5.13 Å². The van der Waals surface area contributed by atoms with Crippen LogP contribution in [0.15, 0.2) is 53.7 Å². The first-order valence-corrected chi connectivity index (χ1v) is 11.8. The quantitative estimate of drug-likeness (QED) is 0.400. The molecule has 0 radical (unpaired) electrons. The van der Waals surface area contributed by atoms with E-state index < -0.39 is 0 Å². The molecule has 0 saturated heterocycles. The maximum absolute atomic E-state index is 12.6. The minimum absolute atomic E-state index is 0.164. The zero-order chi connectivity index (χ0) is 22.7. The Kier molecular flexibility index (Phi) is 6.52. The molecule has 2 N–H and O–H groups in total. The van der Waals surface area contributed by atoms with Gasteiger partial charge in [-0.1, -0.05) is 53.4 Å². The number of thiazole rings is 1. The van der Waals surface area contributed by atoms with Crippen LogP contribution in [0, 0.1) is 6.92 Å². The summed E-state index contributed by atoms with van der Waals surface area (Å²) < 4.78 is 2.81. The highest BCUT2D eigenvalue weighted by atomic mass is 32.2. The number of amides is 2. The zero-order valence-electron chi connectivity index (χ0n) is 17.8. The Labute approximate surface area is 193 Å². The highest BCUT2D eigenvalue weighted by molar-refractivity contribution is 7.99. The molecule has 32 heavy (non-hydrogen) atoms. The highest BCUT2D eigenvalue weighted by Crippen LogP contribution is 2.26. The van der Waals surface area contributed by atoms with Crippen molar-refractivity contribution < 1.29 is 9.59 Å². The summed E-state index contributed by atoms with van der Waals surface area (Å²) in [5.41, 5.74) is 2.40. The number of hydrogen-bond acceptors (Lipinski definition) is 7. The smallest absolute Gasteiger partial charge is 0.252 e. The number of aryl methyl sites for hydroxylation is 1. The first-order chi connectivity index (χ1) is 15.4.